The molecule has 2 aromatic carbocycles. The third-order valence-electron chi connectivity index (χ3n) is 5.79. The van der Waals surface area contributed by atoms with Gasteiger partial charge in [0.1, 0.15) is 12.1 Å². The normalized spacial score (nSPS) is 13.7. The fourth-order valence-electron chi connectivity index (χ4n) is 3.47. The Bertz CT molecular complexity index is 1130. The maximum Gasteiger partial charge on any atom is 0.242 e. The van der Waals surface area contributed by atoms with Crippen molar-refractivity contribution in [1.82, 2.24) is 15.4 Å². The molecule has 3 atom stereocenters. The molecule has 0 aliphatic rings. The molecule has 8 nitrogen and oxygen atoms in total. The van der Waals surface area contributed by atoms with Crippen LogP contribution in [0.4, 0.5) is 0 Å². The quantitative estimate of drug-likeness (QED) is 0.345. The third kappa shape index (κ3) is 9.64. The number of amides is 2. The second-order valence-electron chi connectivity index (χ2n) is 8.59. The Labute approximate surface area is 218 Å². The molecule has 2 aromatic rings. The number of sulfonamides is 1. The van der Waals surface area contributed by atoms with Crippen LogP contribution < -0.4 is 15.4 Å². The van der Waals surface area contributed by atoms with E-state index < -0.39 is 28.0 Å². The highest BCUT2D eigenvalue weighted by Crippen LogP contribution is 2.13. The van der Waals surface area contributed by atoms with Crippen LogP contribution in [0.3, 0.4) is 0 Å². The van der Waals surface area contributed by atoms with E-state index in [2.05, 4.69) is 21.4 Å². The molecule has 0 fully saturated rings. The highest BCUT2D eigenvalue weighted by molar-refractivity contribution is 7.98. The molecule has 0 bridgehead atoms. The minimum atomic E-state index is -3.80. The Morgan fingerprint density at radius 1 is 1.03 bits per heavy atom. The number of nitriles is 1. The Balaban J connectivity index is 2.10. The lowest BCUT2D eigenvalue weighted by Crippen LogP contribution is -2.55. The van der Waals surface area contributed by atoms with Crippen molar-refractivity contribution in [2.24, 2.45) is 5.92 Å². The summed E-state index contributed by atoms with van der Waals surface area (Å²) in [6.45, 7) is 3.93. The van der Waals surface area contributed by atoms with Crippen LogP contribution in [0, 0.1) is 17.2 Å². The van der Waals surface area contributed by atoms with E-state index in [-0.39, 0.29) is 24.1 Å². The van der Waals surface area contributed by atoms with Crippen LogP contribution in [0.5, 0.6) is 0 Å². The number of rotatable bonds is 14. The molecule has 0 unspecified atom stereocenters. The molecular weight excluding hydrogens is 496 g/mol. The molecule has 36 heavy (non-hydrogen) atoms. The van der Waals surface area contributed by atoms with Gasteiger partial charge in [-0.3, -0.25) is 9.59 Å². The molecule has 3 N–H and O–H groups in total. The summed E-state index contributed by atoms with van der Waals surface area (Å²) < 4.78 is 28.2. The molecule has 0 aliphatic heterocycles. The lowest BCUT2D eigenvalue weighted by Gasteiger charge is -2.26. The second kappa shape index (κ2) is 14.6. The largest absolute Gasteiger partial charge is 0.350 e. The molecule has 0 aliphatic carbocycles. The van der Waals surface area contributed by atoms with Crippen LogP contribution >= 0.6 is 11.8 Å². The molecule has 0 aromatic heterocycles. The number of hydrogen-bond acceptors (Lipinski definition) is 6. The smallest absolute Gasteiger partial charge is 0.242 e. The van der Waals surface area contributed by atoms with E-state index in [9.17, 15) is 18.0 Å². The van der Waals surface area contributed by atoms with E-state index in [1.54, 1.807) is 73.3 Å². The van der Waals surface area contributed by atoms with Gasteiger partial charge in [0.15, 0.2) is 0 Å². The topological polar surface area (TPSA) is 128 Å². The summed E-state index contributed by atoms with van der Waals surface area (Å²) in [7, 11) is -3.80. The number of hydrogen-bond donors (Lipinski definition) is 3. The van der Waals surface area contributed by atoms with Gasteiger partial charge in [0.05, 0.1) is 17.4 Å². The number of carbonyl (C=O) groups excluding carboxylic acids is 2. The highest BCUT2D eigenvalue weighted by atomic mass is 32.2. The monoisotopic (exact) mass is 530 g/mol. The Hall–Kier alpha value is -2.87. The number of nitrogens with one attached hydrogen (secondary N) is 3. The maximum absolute atomic E-state index is 13.2. The molecule has 0 saturated carbocycles. The fourth-order valence-corrected chi connectivity index (χ4v) is 5.38. The van der Waals surface area contributed by atoms with Crippen molar-refractivity contribution < 1.29 is 18.0 Å². The van der Waals surface area contributed by atoms with Gasteiger partial charge in [0.25, 0.3) is 0 Å². The van der Waals surface area contributed by atoms with E-state index >= 15 is 0 Å². The van der Waals surface area contributed by atoms with Crippen LogP contribution in [-0.2, 0) is 31.9 Å². The Morgan fingerprint density at radius 3 is 2.28 bits per heavy atom. The summed E-state index contributed by atoms with van der Waals surface area (Å²) >= 11 is 1.55. The van der Waals surface area contributed by atoms with E-state index in [1.165, 1.54) is 0 Å². The van der Waals surface area contributed by atoms with Crippen LogP contribution in [0.15, 0.2) is 54.6 Å². The van der Waals surface area contributed by atoms with Gasteiger partial charge in [-0.05, 0) is 47.6 Å². The lowest BCUT2D eigenvalue weighted by molar-refractivity contribution is -0.130. The maximum atomic E-state index is 13.2. The van der Waals surface area contributed by atoms with Crippen molar-refractivity contribution >= 4 is 33.6 Å². The minimum absolute atomic E-state index is 0.241. The van der Waals surface area contributed by atoms with E-state index in [0.717, 1.165) is 5.56 Å². The van der Waals surface area contributed by atoms with Gasteiger partial charge >= 0.3 is 0 Å². The zero-order valence-corrected chi connectivity index (χ0v) is 22.5. The molecular formula is C26H34N4O4S2. The van der Waals surface area contributed by atoms with Gasteiger partial charge in [-0.25, -0.2) is 13.1 Å². The summed E-state index contributed by atoms with van der Waals surface area (Å²) in [4.78, 5) is 26.2. The number of thioether (sulfide) groups is 1. The highest BCUT2D eigenvalue weighted by Gasteiger charge is 2.31. The van der Waals surface area contributed by atoms with Crippen LogP contribution in [0.1, 0.15) is 43.4 Å². The fraction of sp³-hybridized carbons (Fsp3) is 0.423. The van der Waals surface area contributed by atoms with Crippen molar-refractivity contribution in [3.05, 3.63) is 71.3 Å². The van der Waals surface area contributed by atoms with Gasteiger partial charge in [-0.2, -0.15) is 17.0 Å². The minimum Gasteiger partial charge on any atom is -0.350 e. The lowest BCUT2D eigenvalue weighted by atomic mass is 9.99. The van der Waals surface area contributed by atoms with Crippen molar-refractivity contribution in [3.63, 3.8) is 0 Å². The summed E-state index contributed by atoms with van der Waals surface area (Å²) in [5.41, 5.74) is 1.97. The average Bonchev–Trinajstić information content (AvgIpc) is 2.88. The van der Waals surface area contributed by atoms with Gasteiger partial charge in [0, 0.05) is 6.54 Å². The number of carbonyl (C=O) groups is 2. The van der Waals surface area contributed by atoms with Gasteiger partial charge < -0.3 is 10.6 Å². The predicted octanol–water partition coefficient (Wildman–Crippen LogP) is 2.95. The third-order valence-corrected chi connectivity index (χ3v) is 7.77. The summed E-state index contributed by atoms with van der Waals surface area (Å²) in [5.74, 6) is -0.756. The van der Waals surface area contributed by atoms with E-state index in [0.29, 0.717) is 29.7 Å². The first-order valence-electron chi connectivity index (χ1n) is 11.8. The first-order valence-corrected chi connectivity index (χ1v) is 14.8. The zero-order valence-electron chi connectivity index (χ0n) is 20.9. The summed E-state index contributed by atoms with van der Waals surface area (Å²) in [5, 5.41) is 14.5. The average molecular weight is 531 g/mol. The molecule has 10 heteroatoms. The molecule has 2 amide bonds. The number of nitrogens with zero attached hydrogens (tertiary/aromatic N) is 1. The molecule has 194 valence electrons. The molecule has 0 radical (unpaired) electrons. The standard InChI is InChI=1S/C26H34N4O4S2/c1-4-19(2)24(30-36(33,34)18-22-8-6-5-7-9-22)26(32)29-23(14-15-35-3)25(31)28-17-21-12-10-20(16-27)11-13-21/h5-13,19,23-24,30H,4,14-15,17-18H2,1-3H3,(H,28,31)(H,29,32)/t19-,23+,24-/m1/s1. The van der Waals surface area contributed by atoms with E-state index in [4.69, 9.17) is 5.26 Å². The van der Waals surface area contributed by atoms with Crippen LogP contribution in [0.2, 0.25) is 0 Å². The molecule has 2 rings (SSSR count). The van der Waals surface area contributed by atoms with Crippen molar-refractivity contribution in [1.29, 1.82) is 5.26 Å². The second-order valence-corrected chi connectivity index (χ2v) is 11.3. The van der Waals surface area contributed by atoms with Gasteiger partial charge in [-0.15, -0.1) is 0 Å². The predicted molar refractivity (Wildman–Crippen MR) is 143 cm³/mol. The zero-order chi connectivity index (χ0) is 26.6. The Morgan fingerprint density at radius 2 is 1.69 bits per heavy atom. The molecule has 0 heterocycles. The van der Waals surface area contributed by atoms with Crippen LogP contribution in [0.25, 0.3) is 0 Å². The molecule has 0 spiro atoms. The summed E-state index contributed by atoms with van der Waals surface area (Å²) in [6, 6.07) is 15.9. The first-order chi connectivity index (χ1) is 17.2. The molecule has 0 saturated heterocycles. The van der Waals surface area contributed by atoms with Crippen molar-refractivity contribution in [3.8, 4) is 6.07 Å². The van der Waals surface area contributed by atoms with E-state index in [1.807, 2.05) is 13.2 Å². The van der Waals surface area contributed by atoms with Crippen LogP contribution in [-0.4, -0.2) is 44.3 Å². The van der Waals surface area contributed by atoms with Gasteiger partial charge in [-0.1, -0.05) is 62.7 Å². The number of benzene rings is 2. The van der Waals surface area contributed by atoms with Crippen molar-refractivity contribution in [2.75, 3.05) is 12.0 Å². The van der Waals surface area contributed by atoms with Gasteiger partial charge in [0.2, 0.25) is 21.8 Å². The SMILES string of the molecule is CC[C@@H](C)[C@@H](NS(=O)(=O)Cc1ccccc1)C(=O)N[C@@H](CCSC)C(=O)NCc1ccc(C#N)cc1. The first kappa shape index (κ1) is 29.4. The van der Waals surface area contributed by atoms with Crippen molar-refractivity contribution in [2.45, 2.75) is 51.1 Å². The Kier molecular flexibility index (Phi) is 11.9. The summed E-state index contributed by atoms with van der Waals surface area (Å²) in [6.07, 6.45) is 2.88.